The molecule has 0 heterocycles. The van der Waals surface area contributed by atoms with Gasteiger partial charge in [0.05, 0.1) is 17.0 Å². The van der Waals surface area contributed by atoms with Crippen molar-refractivity contribution >= 4 is 33.4 Å². The van der Waals surface area contributed by atoms with Crippen molar-refractivity contribution in [3.8, 4) is 0 Å². The number of amides is 3. The number of nitrogens with zero attached hydrogens (tertiary/aromatic N) is 1. The Morgan fingerprint density at radius 2 is 1.45 bits per heavy atom. The Morgan fingerprint density at radius 3 is 1.93 bits per heavy atom. The maximum atomic E-state index is 14.0. The lowest BCUT2D eigenvalue weighted by molar-refractivity contribution is -0.140. The second kappa shape index (κ2) is 14.4. The van der Waals surface area contributed by atoms with Crippen LogP contribution in [0, 0.1) is 11.3 Å². The van der Waals surface area contributed by atoms with Crippen LogP contribution in [0.3, 0.4) is 0 Å². The number of rotatable bonds is 12. The molecule has 10 nitrogen and oxygen atoms in total. The summed E-state index contributed by atoms with van der Waals surface area (Å²) in [7, 11) is -0.796. The van der Waals surface area contributed by atoms with Crippen LogP contribution < -0.4 is 21.1 Å². The first kappa shape index (κ1) is 36.5. The van der Waals surface area contributed by atoms with Crippen LogP contribution in [0.25, 0.3) is 0 Å². The van der Waals surface area contributed by atoms with Gasteiger partial charge in [-0.05, 0) is 55.1 Å². The fraction of sp³-hybridized carbons (Fsp3) is 0.485. The fourth-order valence-corrected chi connectivity index (χ4v) is 6.09. The quantitative estimate of drug-likeness (QED) is 0.207. The summed E-state index contributed by atoms with van der Waals surface area (Å²) >= 11 is 0. The van der Waals surface area contributed by atoms with Gasteiger partial charge in [-0.15, -0.1) is 0 Å². The number of carbonyl (C=O) groups excluding carboxylic acids is 3. The third-order valence-corrected chi connectivity index (χ3v) is 9.21. The van der Waals surface area contributed by atoms with Crippen LogP contribution in [-0.2, 0) is 29.8 Å². The minimum absolute atomic E-state index is 0.0976. The molecule has 3 atom stereocenters. The summed E-state index contributed by atoms with van der Waals surface area (Å²) < 4.78 is 27.6. The number of hydrogen-bond donors (Lipinski definition) is 4. The van der Waals surface area contributed by atoms with Crippen LogP contribution in [-0.4, -0.2) is 63.3 Å². The van der Waals surface area contributed by atoms with E-state index in [4.69, 9.17) is 5.73 Å². The molecule has 2 aromatic rings. The normalized spacial score (nSPS) is 14.8. The maximum Gasteiger partial charge on any atom is 0.264 e. The van der Waals surface area contributed by atoms with Gasteiger partial charge in [-0.2, -0.15) is 0 Å². The van der Waals surface area contributed by atoms with Gasteiger partial charge in [0.1, 0.15) is 6.04 Å². The van der Waals surface area contributed by atoms with Crippen LogP contribution in [0.5, 0.6) is 0 Å². The molecule has 0 bridgehead atoms. The number of carbonyl (C=O) groups is 3. The molecule has 0 aliphatic heterocycles. The highest BCUT2D eigenvalue weighted by Gasteiger charge is 2.41. The number of sulfonamides is 1. The van der Waals surface area contributed by atoms with Gasteiger partial charge in [-0.1, -0.05) is 84.9 Å². The molecule has 0 aliphatic carbocycles. The number of hydrogen-bond acceptors (Lipinski definition) is 7. The summed E-state index contributed by atoms with van der Waals surface area (Å²) in [6.45, 7) is 14.9. The average Bonchev–Trinajstić information content (AvgIpc) is 2.93. The van der Waals surface area contributed by atoms with E-state index in [0.29, 0.717) is 5.69 Å². The van der Waals surface area contributed by atoms with Gasteiger partial charge < -0.3 is 21.3 Å². The van der Waals surface area contributed by atoms with Crippen molar-refractivity contribution < 1.29 is 22.8 Å². The van der Waals surface area contributed by atoms with Gasteiger partial charge >= 0.3 is 0 Å². The molecule has 242 valence electrons. The van der Waals surface area contributed by atoms with Gasteiger partial charge in [0.15, 0.2) is 0 Å². The molecule has 0 saturated heterocycles. The first-order valence-corrected chi connectivity index (χ1v) is 16.1. The molecule has 2 rings (SSSR count). The molecule has 0 spiro atoms. The SMILES string of the molecule is CN[C@H](C(=O)N[C@H](C(=O)N(C)[C@H](C=C(C)C(=O)NS(=O)(=O)c1ccc(N)cc1)C(C)C)C(C)(C)C)C(C)(C)c1ccccc1. The molecule has 0 unspecified atom stereocenters. The topological polar surface area (TPSA) is 151 Å². The van der Waals surface area contributed by atoms with E-state index in [2.05, 4.69) is 15.4 Å². The molecular weight excluding hydrogens is 578 g/mol. The summed E-state index contributed by atoms with van der Waals surface area (Å²) in [5.41, 5.74) is 5.90. The van der Waals surface area contributed by atoms with E-state index >= 15 is 0 Å². The molecule has 44 heavy (non-hydrogen) atoms. The lowest BCUT2D eigenvalue weighted by Crippen LogP contribution is -2.61. The van der Waals surface area contributed by atoms with Crippen LogP contribution in [0.1, 0.15) is 61.0 Å². The standard InChI is InChI=1S/C33H49N5O5S/c1-21(2)26(20-22(3)29(39)37-44(42,43)25-18-16-24(34)17-19-25)38(10)31(41)28(32(4,5)6)36-30(40)27(35-9)33(7,8)23-14-12-11-13-15-23/h11-21,26-28,35H,34H2,1-10H3,(H,36,40)(H,37,39)/t26-,27-,28-/m1/s1. The average molecular weight is 628 g/mol. The van der Waals surface area contributed by atoms with Crippen molar-refractivity contribution in [2.75, 3.05) is 19.8 Å². The number of likely N-dealkylation sites (N-methyl/N-ethyl adjacent to an activating group) is 2. The van der Waals surface area contributed by atoms with Crippen molar-refractivity contribution in [1.82, 2.24) is 20.3 Å². The fourth-order valence-electron chi connectivity index (χ4n) is 5.07. The lowest BCUT2D eigenvalue weighted by Gasteiger charge is -2.40. The van der Waals surface area contributed by atoms with Crippen LogP contribution in [0.15, 0.2) is 71.1 Å². The second-order valence-electron chi connectivity index (χ2n) is 13.2. The van der Waals surface area contributed by atoms with E-state index in [1.165, 1.54) is 36.1 Å². The zero-order valence-corrected chi connectivity index (χ0v) is 28.4. The van der Waals surface area contributed by atoms with E-state index in [9.17, 15) is 22.8 Å². The number of nitrogens with two attached hydrogens (primary N) is 1. The van der Waals surface area contributed by atoms with Gasteiger partial charge in [-0.25, -0.2) is 13.1 Å². The van der Waals surface area contributed by atoms with Gasteiger partial charge in [0.25, 0.3) is 15.9 Å². The van der Waals surface area contributed by atoms with E-state index in [1.807, 2.05) is 78.8 Å². The summed E-state index contributed by atoms with van der Waals surface area (Å²) in [5, 5.41) is 6.14. The Morgan fingerprint density at radius 1 is 0.909 bits per heavy atom. The Labute approximate surface area is 262 Å². The molecule has 11 heteroatoms. The molecular formula is C33H49N5O5S. The van der Waals surface area contributed by atoms with Crippen molar-refractivity contribution in [1.29, 1.82) is 0 Å². The summed E-state index contributed by atoms with van der Waals surface area (Å²) in [5.74, 6) is -1.60. The summed E-state index contributed by atoms with van der Waals surface area (Å²) in [6, 6.07) is 13.1. The Kier molecular flexibility index (Phi) is 11.9. The first-order chi connectivity index (χ1) is 20.2. The highest BCUT2D eigenvalue weighted by molar-refractivity contribution is 7.90. The van der Waals surface area contributed by atoms with Crippen LogP contribution in [0.4, 0.5) is 5.69 Å². The number of nitrogens with one attached hydrogen (secondary N) is 3. The number of nitrogen functional groups attached to an aromatic ring is 1. The molecule has 0 aliphatic rings. The first-order valence-electron chi connectivity index (χ1n) is 14.6. The summed E-state index contributed by atoms with van der Waals surface area (Å²) in [4.78, 5) is 42.2. The second-order valence-corrected chi connectivity index (χ2v) is 14.8. The van der Waals surface area contributed by atoms with Gasteiger partial charge in [0.2, 0.25) is 11.8 Å². The highest BCUT2D eigenvalue weighted by atomic mass is 32.2. The predicted molar refractivity (Wildman–Crippen MR) is 175 cm³/mol. The van der Waals surface area contributed by atoms with Crippen molar-refractivity contribution in [2.24, 2.45) is 11.3 Å². The molecule has 0 aromatic heterocycles. The predicted octanol–water partition coefficient (Wildman–Crippen LogP) is 3.60. The third-order valence-electron chi connectivity index (χ3n) is 7.86. The summed E-state index contributed by atoms with van der Waals surface area (Å²) in [6.07, 6.45) is 1.58. The van der Waals surface area contributed by atoms with E-state index in [0.717, 1.165) is 5.56 Å². The minimum atomic E-state index is -4.13. The Hall–Kier alpha value is -3.70. The van der Waals surface area contributed by atoms with E-state index < -0.39 is 44.9 Å². The zero-order valence-electron chi connectivity index (χ0n) is 27.6. The van der Waals surface area contributed by atoms with Gasteiger partial charge in [0, 0.05) is 23.7 Å². The molecule has 0 fully saturated rings. The Balaban J connectivity index is 2.33. The van der Waals surface area contributed by atoms with E-state index in [-0.39, 0.29) is 28.2 Å². The maximum absolute atomic E-state index is 14.0. The van der Waals surface area contributed by atoms with Crippen molar-refractivity contribution in [2.45, 2.75) is 83.8 Å². The smallest absolute Gasteiger partial charge is 0.264 e. The molecule has 0 radical (unpaired) electrons. The Bertz CT molecular complexity index is 1450. The lowest BCUT2D eigenvalue weighted by atomic mass is 9.76. The number of anilines is 1. The van der Waals surface area contributed by atoms with E-state index in [1.54, 1.807) is 20.2 Å². The zero-order chi connectivity index (χ0) is 33.6. The minimum Gasteiger partial charge on any atom is -0.399 e. The molecule has 0 saturated carbocycles. The van der Waals surface area contributed by atoms with Crippen LogP contribution >= 0.6 is 0 Å². The van der Waals surface area contributed by atoms with Crippen molar-refractivity contribution in [3.63, 3.8) is 0 Å². The van der Waals surface area contributed by atoms with Crippen molar-refractivity contribution in [3.05, 3.63) is 71.8 Å². The third kappa shape index (κ3) is 8.92. The molecule has 3 amide bonds. The molecule has 5 N–H and O–H groups in total. The molecule has 2 aromatic carbocycles. The largest absolute Gasteiger partial charge is 0.399 e. The van der Waals surface area contributed by atoms with Crippen LogP contribution in [0.2, 0.25) is 0 Å². The van der Waals surface area contributed by atoms with Gasteiger partial charge in [-0.3, -0.25) is 14.4 Å². The number of benzene rings is 2. The highest BCUT2D eigenvalue weighted by Crippen LogP contribution is 2.29. The monoisotopic (exact) mass is 627 g/mol.